The van der Waals surface area contributed by atoms with E-state index in [1.165, 1.54) is 12.1 Å². The van der Waals surface area contributed by atoms with Gasteiger partial charge in [-0.25, -0.2) is 4.39 Å². The van der Waals surface area contributed by atoms with Crippen molar-refractivity contribution in [2.45, 2.75) is 19.4 Å². The van der Waals surface area contributed by atoms with Crippen LogP contribution in [0.15, 0.2) is 24.3 Å². The van der Waals surface area contributed by atoms with E-state index in [4.69, 9.17) is 10.5 Å². The van der Waals surface area contributed by atoms with Crippen LogP contribution in [0.25, 0.3) is 0 Å². The van der Waals surface area contributed by atoms with E-state index in [9.17, 15) is 4.39 Å². The minimum atomic E-state index is -0.255. The van der Waals surface area contributed by atoms with Gasteiger partial charge < -0.3 is 0 Å². The first-order valence-corrected chi connectivity index (χ1v) is 5.47. The lowest BCUT2D eigenvalue weighted by molar-refractivity contribution is 0.278. The molecule has 4 heteroatoms. The van der Waals surface area contributed by atoms with Gasteiger partial charge in [0.1, 0.15) is 5.82 Å². The van der Waals surface area contributed by atoms with Gasteiger partial charge in [0.15, 0.2) is 0 Å². The first kappa shape index (κ1) is 13.2. The molecule has 0 radical (unpaired) electrons. The Hall–Kier alpha value is -1.91. The fourth-order valence-corrected chi connectivity index (χ4v) is 1.53. The molecule has 0 atom stereocenters. The summed E-state index contributed by atoms with van der Waals surface area (Å²) in [6, 6.07) is 10.5. The van der Waals surface area contributed by atoms with Crippen LogP contribution in [0.1, 0.15) is 18.4 Å². The van der Waals surface area contributed by atoms with Gasteiger partial charge in [0.2, 0.25) is 0 Å². The highest BCUT2D eigenvalue weighted by molar-refractivity contribution is 5.15. The molecule has 0 N–H and O–H groups in total. The second-order valence-corrected chi connectivity index (χ2v) is 3.72. The minimum absolute atomic E-state index is 0.255. The monoisotopic (exact) mass is 231 g/mol. The summed E-state index contributed by atoms with van der Waals surface area (Å²) >= 11 is 0. The van der Waals surface area contributed by atoms with Crippen LogP contribution >= 0.6 is 0 Å². The number of hydrogen-bond donors (Lipinski definition) is 0. The van der Waals surface area contributed by atoms with Crippen LogP contribution in [0.5, 0.6) is 0 Å². The Morgan fingerprint density at radius 3 is 2.00 bits per heavy atom. The minimum Gasteiger partial charge on any atom is -0.297 e. The fourth-order valence-electron chi connectivity index (χ4n) is 1.53. The lowest BCUT2D eigenvalue weighted by atomic mass is 10.2. The maximum atomic E-state index is 12.7. The Balaban J connectivity index is 2.55. The third-order valence-corrected chi connectivity index (χ3v) is 2.40. The second-order valence-electron chi connectivity index (χ2n) is 3.72. The topological polar surface area (TPSA) is 50.8 Å². The smallest absolute Gasteiger partial charge is 0.123 e. The first-order valence-electron chi connectivity index (χ1n) is 5.47. The molecule has 0 bridgehead atoms. The van der Waals surface area contributed by atoms with Gasteiger partial charge in [0, 0.05) is 32.5 Å². The molecular weight excluding hydrogens is 217 g/mol. The number of rotatable bonds is 6. The third-order valence-electron chi connectivity index (χ3n) is 2.40. The van der Waals surface area contributed by atoms with Gasteiger partial charge in [0.05, 0.1) is 12.1 Å². The summed E-state index contributed by atoms with van der Waals surface area (Å²) in [6.45, 7) is 1.91. The van der Waals surface area contributed by atoms with Crippen LogP contribution < -0.4 is 0 Å². The molecule has 17 heavy (non-hydrogen) atoms. The number of nitrogens with zero attached hydrogens (tertiary/aromatic N) is 3. The molecule has 0 heterocycles. The van der Waals surface area contributed by atoms with Gasteiger partial charge in [-0.05, 0) is 17.7 Å². The van der Waals surface area contributed by atoms with Crippen LogP contribution in [0, 0.1) is 28.5 Å². The lowest BCUT2D eigenvalue weighted by Gasteiger charge is -2.19. The van der Waals surface area contributed by atoms with E-state index in [1.807, 2.05) is 4.90 Å². The molecule has 0 unspecified atom stereocenters. The molecule has 0 fully saturated rings. The lowest BCUT2D eigenvalue weighted by Crippen LogP contribution is -2.25. The average Bonchev–Trinajstić information content (AvgIpc) is 2.35. The van der Waals surface area contributed by atoms with Crippen molar-refractivity contribution in [2.24, 2.45) is 0 Å². The highest BCUT2D eigenvalue weighted by atomic mass is 19.1. The molecule has 1 rings (SSSR count). The Bertz CT molecular complexity index is 396. The maximum absolute atomic E-state index is 12.7. The van der Waals surface area contributed by atoms with Crippen molar-refractivity contribution in [3.05, 3.63) is 35.6 Å². The highest BCUT2D eigenvalue weighted by Gasteiger charge is 2.05. The molecule has 0 aliphatic carbocycles. The summed E-state index contributed by atoms with van der Waals surface area (Å²) in [6.07, 6.45) is 0.874. The van der Waals surface area contributed by atoms with Gasteiger partial charge in [-0.2, -0.15) is 10.5 Å². The van der Waals surface area contributed by atoms with Crippen molar-refractivity contribution in [3.63, 3.8) is 0 Å². The molecule has 0 saturated heterocycles. The second kappa shape index (κ2) is 7.38. The van der Waals surface area contributed by atoms with E-state index in [0.717, 1.165) is 5.56 Å². The number of halogens is 1. The Kier molecular flexibility index (Phi) is 5.71. The van der Waals surface area contributed by atoms with E-state index in [0.29, 0.717) is 32.5 Å². The highest BCUT2D eigenvalue weighted by Crippen LogP contribution is 2.07. The molecule has 3 nitrogen and oxygen atoms in total. The fraction of sp³-hybridized carbons (Fsp3) is 0.385. The summed E-state index contributed by atoms with van der Waals surface area (Å²) in [4.78, 5) is 2.03. The molecule has 0 spiro atoms. The zero-order chi connectivity index (χ0) is 12.5. The van der Waals surface area contributed by atoms with E-state index >= 15 is 0 Å². The van der Waals surface area contributed by atoms with Gasteiger partial charge >= 0.3 is 0 Å². The van der Waals surface area contributed by atoms with E-state index in [2.05, 4.69) is 12.1 Å². The Morgan fingerprint density at radius 2 is 1.53 bits per heavy atom. The van der Waals surface area contributed by atoms with Crippen LogP contribution in [0.4, 0.5) is 4.39 Å². The zero-order valence-corrected chi connectivity index (χ0v) is 9.56. The molecule has 1 aromatic carbocycles. The SMILES string of the molecule is N#CCCN(CCC#N)Cc1ccc(F)cc1. The van der Waals surface area contributed by atoms with Gasteiger partial charge in [0.25, 0.3) is 0 Å². The number of nitriles is 2. The quantitative estimate of drug-likeness (QED) is 0.755. The molecule has 88 valence electrons. The molecule has 1 aromatic rings. The van der Waals surface area contributed by atoms with E-state index in [-0.39, 0.29) is 5.82 Å². The summed E-state index contributed by atoms with van der Waals surface area (Å²) in [5, 5.41) is 17.1. The van der Waals surface area contributed by atoms with Gasteiger partial charge in [-0.3, -0.25) is 4.90 Å². The van der Waals surface area contributed by atoms with Crippen LogP contribution in [-0.2, 0) is 6.54 Å². The Labute approximate surface area is 101 Å². The van der Waals surface area contributed by atoms with Crippen molar-refractivity contribution in [1.82, 2.24) is 4.90 Å². The van der Waals surface area contributed by atoms with E-state index in [1.54, 1.807) is 12.1 Å². The van der Waals surface area contributed by atoms with Crippen molar-refractivity contribution in [3.8, 4) is 12.1 Å². The van der Waals surface area contributed by atoms with Gasteiger partial charge in [-0.1, -0.05) is 12.1 Å². The molecule has 0 saturated carbocycles. The Morgan fingerprint density at radius 1 is 1.00 bits per heavy atom. The summed E-state index contributed by atoms with van der Waals surface area (Å²) in [7, 11) is 0. The number of hydrogen-bond acceptors (Lipinski definition) is 3. The van der Waals surface area contributed by atoms with E-state index < -0.39 is 0 Å². The molecule has 0 aliphatic rings. The van der Waals surface area contributed by atoms with Crippen molar-refractivity contribution in [2.75, 3.05) is 13.1 Å². The summed E-state index contributed by atoms with van der Waals surface area (Å²) < 4.78 is 12.7. The normalized spacial score (nSPS) is 9.88. The molecule has 0 aromatic heterocycles. The van der Waals surface area contributed by atoms with Crippen molar-refractivity contribution in [1.29, 1.82) is 10.5 Å². The maximum Gasteiger partial charge on any atom is 0.123 e. The zero-order valence-electron chi connectivity index (χ0n) is 9.56. The van der Waals surface area contributed by atoms with Crippen molar-refractivity contribution >= 4 is 0 Å². The molecular formula is C13H14FN3. The number of benzene rings is 1. The third kappa shape index (κ3) is 5.10. The molecule has 0 aliphatic heterocycles. The van der Waals surface area contributed by atoms with Gasteiger partial charge in [-0.15, -0.1) is 0 Å². The molecule has 0 amide bonds. The summed E-state index contributed by atoms with van der Waals surface area (Å²) in [5.74, 6) is -0.255. The predicted octanol–water partition coefficient (Wildman–Crippen LogP) is 2.46. The van der Waals surface area contributed by atoms with Crippen LogP contribution in [0.2, 0.25) is 0 Å². The predicted molar refractivity (Wildman–Crippen MR) is 62.1 cm³/mol. The summed E-state index contributed by atoms with van der Waals surface area (Å²) in [5.41, 5.74) is 0.988. The average molecular weight is 231 g/mol. The van der Waals surface area contributed by atoms with Crippen LogP contribution in [-0.4, -0.2) is 18.0 Å². The van der Waals surface area contributed by atoms with Crippen molar-refractivity contribution < 1.29 is 4.39 Å². The standard InChI is InChI=1S/C13H14FN3/c14-13-5-3-12(4-6-13)11-17(9-1-7-15)10-2-8-16/h3-6H,1-2,9-11H2. The van der Waals surface area contributed by atoms with Crippen LogP contribution in [0.3, 0.4) is 0 Å². The largest absolute Gasteiger partial charge is 0.297 e. The first-order chi connectivity index (χ1) is 8.26.